The van der Waals surface area contributed by atoms with Crippen LogP contribution in [-0.4, -0.2) is 40.0 Å². The summed E-state index contributed by atoms with van der Waals surface area (Å²) in [5, 5.41) is 4.11. The van der Waals surface area contributed by atoms with Crippen molar-refractivity contribution in [3.05, 3.63) is 53.1 Å². The van der Waals surface area contributed by atoms with Crippen LogP contribution in [0.3, 0.4) is 0 Å². The molecular weight excluding hydrogens is 359 g/mol. The van der Waals surface area contributed by atoms with Gasteiger partial charge in [-0.25, -0.2) is 4.98 Å². The molecular formula is C18H22Cl2N4O. The van der Waals surface area contributed by atoms with Gasteiger partial charge in [0.25, 0.3) is 5.91 Å². The number of carbonyl (C=O) groups is 1. The van der Waals surface area contributed by atoms with Gasteiger partial charge >= 0.3 is 0 Å². The number of fused-ring (bicyclic) bond motifs is 1. The van der Waals surface area contributed by atoms with E-state index >= 15 is 0 Å². The van der Waals surface area contributed by atoms with Crippen molar-refractivity contribution in [2.75, 3.05) is 19.6 Å². The van der Waals surface area contributed by atoms with E-state index < -0.39 is 0 Å². The number of nitrogens with zero attached hydrogens (tertiary/aromatic N) is 3. The van der Waals surface area contributed by atoms with Gasteiger partial charge in [-0.3, -0.25) is 4.79 Å². The van der Waals surface area contributed by atoms with E-state index in [2.05, 4.69) is 10.3 Å². The molecule has 134 valence electrons. The van der Waals surface area contributed by atoms with Crippen LogP contribution in [0, 0.1) is 17.8 Å². The second-order valence-electron chi connectivity index (χ2n) is 6.89. The molecule has 1 aromatic carbocycles. The first-order chi connectivity index (χ1) is 11.6. The Morgan fingerprint density at radius 2 is 2.16 bits per heavy atom. The molecule has 2 aliphatic rings. The van der Waals surface area contributed by atoms with Crippen LogP contribution >= 0.6 is 24.0 Å². The van der Waals surface area contributed by atoms with Crippen molar-refractivity contribution in [3.63, 3.8) is 0 Å². The van der Waals surface area contributed by atoms with E-state index in [0.717, 1.165) is 37.0 Å². The molecule has 0 bridgehead atoms. The minimum atomic E-state index is -0.00601. The predicted molar refractivity (Wildman–Crippen MR) is 100.0 cm³/mol. The van der Waals surface area contributed by atoms with Crippen LogP contribution in [0.5, 0.6) is 0 Å². The summed E-state index contributed by atoms with van der Waals surface area (Å²) < 4.78 is 1.81. The summed E-state index contributed by atoms with van der Waals surface area (Å²) in [6.07, 6.45) is 3.45. The number of aromatic nitrogens is 2. The molecule has 25 heavy (non-hydrogen) atoms. The lowest BCUT2D eigenvalue weighted by atomic mass is 10.1. The predicted octanol–water partition coefficient (Wildman–Crippen LogP) is 2.60. The molecule has 0 radical (unpaired) electrons. The number of halogens is 2. The van der Waals surface area contributed by atoms with E-state index in [0.29, 0.717) is 23.2 Å². The highest BCUT2D eigenvalue weighted by atomic mass is 35.5. The summed E-state index contributed by atoms with van der Waals surface area (Å²) in [6, 6.07) is 7.72. The Labute approximate surface area is 158 Å². The summed E-state index contributed by atoms with van der Waals surface area (Å²) in [5.41, 5.74) is 1.55. The molecule has 1 aliphatic carbocycles. The van der Waals surface area contributed by atoms with Crippen molar-refractivity contribution >= 4 is 29.9 Å². The van der Waals surface area contributed by atoms with Gasteiger partial charge in [0.1, 0.15) is 5.69 Å². The lowest BCUT2D eigenvalue weighted by Gasteiger charge is -2.23. The Kier molecular flexibility index (Phi) is 5.37. The van der Waals surface area contributed by atoms with E-state index in [1.807, 2.05) is 36.2 Å². The fourth-order valence-corrected chi connectivity index (χ4v) is 4.04. The molecule has 1 amide bonds. The molecule has 0 spiro atoms. The minimum Gasteiger partial charge on any atom is -0.340 e. The number of benzene rings is 1. The monoisotopic (exact) mass is 380 g/mol. The largest absolute Gasteiger partial charge is 0.340 e. The van der Waals surface area contributed by atoms with Gasteiger partial charge in [-0.15, -0.1) is 12.4 Å². The molecule has 7 heteroatoms. The van der Waals surface area contributed by atoms with Crippen LogP contribution in [-0.2, 0) is 13.6 Å². The van der Waals surface area contributed by atoms with Crippen LogP contribution in [0.1, 0.15) is 16.1 Å². The lowest BCUT2D eigenvalue weighted by molar-refractivity contribution is 0.0723. The van der Waals surface area contributed by atoms with Gasteiger partial charge in [-0.1, -0.05) is 23.7 Å². The van der Waals surface area contributed by atoms with Crippen molar-refractivity contribution in [1.82, 2.24) is 19.8 Å². The highest BCUT2D eigenvalue weighted by Gasteiger charge is 2.53. The van der Waals surface area contributed by atoms with Crippen LogP contribution in [0.2, 0.25) is 5.02 Å². The Bertz CT molecular complexity index is 753. The van der Waals surface area contributed by atoms with Crippen molar-refractivity contribution in [1.29, 1.82) is 0 Å². The van der Waals surface area contributed by atoms with Gasteiger partial charge < -0.3 is 14.8 Å². The van der Waals surface area contributed by atoms with E-state index in [1.165, 1.54) is 0 Å². The maximum atomic E-state index is 12.9. The maximum Gasteiger partial charge on any atom is 0.274 e. The first-order valence-electron chi connectivity index (χ1n) is 8.34. The third-order valence-corrected chi connectivity index (χ3v) is 5.41. The van der Waals surface area contributed by atoms with Gasteiger partial charge in [-0.05, 0) is 48.5 Å². The fourth-order valence-electron chi connectivity index (χ4n) is 3.83. The normalized spacial score (nSPS) is 23.7. The summed E-state index contributed by atoms with van der Waals surface area (Å²) in [5.74, 6) is 2.05. The number of amides is 1. The van der Waals surface area contributed by atoms with E-state index in [4.69, 9.17) is 11.6 Å². The molecule has 1 aliphatic heterocycles. The van der Waals surface area contributed by atoms with Gasteiger partial charge in [-0.2, -0.15) is 0 Å². The van der Waals surface area contributed by atoms with E-state index in [-0.39, 0.29) is 18.3 Å². The Balaban J connectivity index is 0.00000182. The molecule has 1 saturated carbocycles. The van der Waals surface area contributed by atoms with Crippen molar-refractivity contribution in [3.8, 4) is 0 Å². The average Bonchev–Trinajstić information content (AvgIpc) is 2.96. The average molecular weight is 381 g/mol. The molecule has 2 aromatic rings. The smallest absolute Gasteiger partial charge is 0.274 e. The lowest BCUT2D eigenvalue weighted by Crippen LogP contribution is -2.34. The zero-order chi connectivity index (χ0) is 16.7. The van der Waals surface area contributed by atoms with Crippen LogP contribution in [0.15, 0.2) is 36.8 Å². The topological polar surface area (TPSA) is 50.2 Å². The van der Waals surface area contributed by atoms with Crippen LogP contribution < -0.4 is 5.32 Å². The molecule has 5 nitrogen and oxygen atoms in total. The number of hydrogen-bond donors (Lipinski definition) is 1. The van der Waals surface area contributed by atoms with Crippen LogP contribution in [0.25, 0.3) is 0 Å². The molecule has 2 atom stereocenters. The van der Waals surface area contributed by atoms with E-state index in [9.17, 15) is 4.79 Å². The standard InChI is InChI=1S/C18H21ClN4O.ClH/c1-22-10-17(21-11-22)18(24)23(8-12-3-2-4-13(19)5-12)9-16-14-6-20-7-15(14)16;/h2-5,10-11,14-16,20H,6-9H2,1H3;1H. The quantitative estimate of drug-likeness (QED) is 0.866. The summed E-state index contributed by atoms with van der Waals surface area (Å²) in [7, 11) is 1.88. The Morgan fingerprint density at radius 3 is 2.80 bits per heavy atom. The summed E-state index contributed by atoms with van der Waals surface area (Å²) >= 11 is 6.10. The fraction of sp³-hybridized carbons (Fsp3) is 0.444. The number of nitrogens with one attached hydrogen (secondary N) is 1. The highest BCUT2D eigenvalue weighted by Crippen LogP contribution is 2.49. The minimum absolute atomic E-state index is 0. The number of carbonyl (C=O) groups excluding carboxylic acids is 1. The number of hydrogen-bond acceptors (Lipinski definition) is 3. The summed E-state index contributed by atoms with van der Waals surface area (Å²) in [4.78, 5) is 19.1. The van der Waals surface area contributed by atoms with Crippen LogP contribution in [0.4, 0.5) is 0 Å². The third kappa shape index (κ3) is 3.84. The van der Waals surface area contributed by atoms with Gasteiger partial charge in [0.15, 0.2) is 0 Å². The molecule has 1 N–H and O–H groups in total. The number of aryl methyl sites for hydroxylation is 1. The van der Waals surface area contributed by atoms with Gasteiger partial charge in [0.05, 0.1) is 6.33 Å². The molecule has 1 aromatic heterocycles. The third-order valence-electron chi connectivity index (χ3n) is 5.17. The molecule has 2 fully saturated rings. The summed E-state index contributed by atoms with van der Waals surface area (Å²) in [6.45, 7) is 3.52. The Morgan fingerprint density at radius 1 is 1.40 bits per heavy atom. The number of piperidine rings is 1. The second kappa shape index (κ2) is 7.36. The van der Waals surface area contributed by atoms with Crippen molar-refractivity contribution in [2.24, 2.45) is 24.8 Å². The second-order valence-corrected chi connectivity index (χ2v) is 7.33. The number of imidazole rings is 1. The molecule has 4 rings (SSSR count). The zero-order valence-corrected chi connectivity index (χ0v) is 15.6. The highest BCUT2D eigenvalue weighted by molar-refractivity contribution is 6.30. The van der Waals surface area contributed by atoms with E-state index in [1.54, 1.807) is 17.1 Å². The molecule has 2 heterocycles. The zero-order valence-electron chi connectivity index (χ0n) is 14.1. The molecule has 1 saturated heterocycles. The molecule has 2 unspecified atom stereocenters. The van der Waals surface area contributed by atoms with Crippen molar-refractivity contribution < 1.29 is 4.79 Å². The maximum absolute atomic E-state index is 12.9. The van der Waals surface area contributed by atoms with Gasteiger partial charge in [0.2, 0.25) is 0 Å². The Hall–Kier alpha value is -1.56. The van der Waals surface area contributed by atoms with Crippen molar-refractivity contribution in [2.45, 2.75) is 6.54 Å². The number of rotatable bonds is 5. The first kappa shape index (κ1) is 18.2. The first-order valence-corrected chi connectivity index (χ1v) is 8.72. The SMILES string of the molecule is Cl.Cn1cnc(C(=O)N(Cc2cccc(Cl)c2)CC2C3CNCC32)c1. The van der Waals surface area contributed by atoms with Gasteiger partial charge in [0, 0.05) is 31.4 Å².